The molecule has 4 N–H and O–H groups in total. The first kappa shape index (κ1) is 17.3. The molecule has 4 rings (SSSR count). The van der Waals surface area contributed by atoms with E-state index in [-0.39, 0.29) is 0 Å². The van der Waals surface area contributed by atoms with E-state index in [4.69, 9.17) is 11.5 Å². The molecule has 4 aromatic carbocycles. The van der Waals surface area contributed by atoms with Gasteiger partial charge in [-0.15, -0.1) is 0 Å². The molecule has 0 radical (unpaired) electrons. The van der Waals surface area contributed by atoms with E-state index >= 15 is 0 Å². The van der Waals surface area contributed by atoms with E-state index in [0.29, 0.717) is 11.4 Å². The van der Waals surface area contributed by atoms with Crippen molar-refractivity contribution in [2.75, 3.05) is 11.5 Å². The first-order valence-electron chi connectivity index (χ1n) is 8.88. The van der Waals surface area contributed by atoms with Gasteiger partial charge < -0.3 is 11.5 Å². The van der Waals surface area contributed by atoms with Crippen molar-refractivity contribution in [1.82, 2.24) is 0 Å². The Morgan fingerprint density at radius 1 is 0.444 bits per heavy atom. The summed E-state index contributed by atoms with van der Waals surface area (Å²) in [5, 5.41) is 4.03. The van der Waals surface area contributed by atoms with E-state index in [1.807, 2.05) is 18.2 Å². The van der Waals surface area contributed by atoms with Gasteiger partial charge in [0.15, 0.2) is 0 Å². The minimum Gasteiger partial charge on any atom is -0.397 e. The quantitative estimate of drug-likeness (QED) is 0.417. The van der Waals surface area contributed by atoms with E-state index in [1.165, 1.54) is 15.9 Å². The van der Waals surface area contributed by atoms with Crippen LogP contribution in [0.25, 0.3) is 11.1 Å². The number of nitrogen functional groups attached to an aromatic ring is 2. The van der Waals surface area contributed by atoms with Crippen molar-refractivity contribution in [1.29, 1.82) is 0 Å². The second kappa shape index (κ2) is 7.65. The molecule has 0 spiro atoms. The summed E-state index contributed by atoms with van der Waals surface area (Å²) in [6.07, 6.45) is 0. The molecule has 0 aliphatic carbocycles. The summed E-state index contributed by atoms with van der Waals surface area (Å²) in [6.45, 7) is 0. The summed E-state index contributed by atoms with van der Waals surface area (Å²) < 4.78 is 0. The van der Waals surface area contributed by atoms with Crippen LogP contribution in [-0.2, 0) is 0 Å². The molecule has 0 aliphatic heterocycles. The van der Waals surface area contributed by atoms with Crippen molar-refractivity contribution >= 4 is 35.2 Å². The van der Waals surface area contributed by atoms with Gasteiger partial charge in [-0.05, 0) is 47.1 Å². The maximum absolute atomic E-state index is 5.97. The van der Waals surface area contributed by atoms with Crippen molar-refractivity contribution in [2.45, 2.75) is 0 Å². The Morgan fingerprint density at radius 2 is 0.926 bits per heavy atom. The lowest BCUT2D eigenvalue weighted by molar-refractivity contribution is 1.62. The molecule has 132 valence electrons. The summed E-state index contributed by atoms with van der Waals surface area (Å²) in [6, 6.07) is 36.0. The number of benzene rings is 4. The lowest BCUT2D eigenvalue weighted by Gasteiger charge is -2.19. The molecule has 0 atom stereocenters. The smallest absolute Gasteiger partial charge is 0.0554 e. The van der Waals surface area contributed by atoms with Gasteiger partial charge in [-0.25, -0.2) is 0 Å². The van der Waals surface area contributed by atoms with Gasteiger partial charge in [-0.1, -0.05) is 91.0 Å². The standard InChI is InChI=1S/C24H21N2P/c25-23-16-13-19(17-24(23)26)18-11-14-22(15-12-18)27(20-7-3-1-4-8-20)21-9-5-2-6-10-21/h1-17H,25-26H2. The first-order chi connectivity index (χ1) is 13.2. The van der Waals surface area contributed by atoms with Crippen LogP contribution in [0.15, 0.2) is 103 Å². The molecule has 27 heavy (non-hydrogen) atoms. The zero-order valence-corrected chi connectivity index (χ0v) is 15.8. The summed E-state index contributed by atoms with van der Waals surface area (Å²) in [5.41, 5.74) is 15.3. The Labute approximate surface area is 161 Å². The van der Waals surface area contributed by atoms with Gasteiger partial charge in [0.25, 0.3) is 0 Å². The Morgan fingerprint density at radius 3 is 1.44 bits per heavy atom. The lowest BCUT2D eigenvalue weighted by Crippen LogP contribution is -2.20. The second-order valence-electron chi connectivity index (χ2n) is 6.40. The number of nitrogens with two attached hydrogens (primary N) is 2. The van der Waals surface area contributed by atoms with Gasteiger partial charge in [0.05, 0.1) is 11.4 Å². The largest absolute Gasteiger partial charge is 0.397 e. The maximum Gasteiger partial charge on any atom is 0.0554 e. The van der Waals surface area contributed by atoms with Gasteiger partial charge in [0, 0.05) is 0 Å². The van der Waals surface area contributed by atoms with Crippen LogP contribution in [0.3, 0.4) is 0 Å². The van der Waals surface area contributed by atoms with E-state index in [9.17, 15) is 0 Å². The number of rotatable bonds is 4. The predicted octanol–water partition coefficient (Wildman–Crippen LogP) is 4.28. The van der Waals surface area contributed by atoms with Crippen LogP contribution >= 0.6 is 7.92 Å². The van der Waals surface area contributed by atoms with Crippen molar-refractivity contribution in [3.63, 3.8) is 0 Å². The molecular formula is C24H21N2P. The third-order valence-electron chi connectivity index (χ3n) is 4.57. The molecule has 4 aromatic rings. The van der Waals surface area contributed by atoms with Crippen LogP contribution in [0.4, 0.5) is 11.4 Å². The normalized spacial score (nSPS) is 10.9. The average molecular weight is 368 g/mol. The van der Waals surface area contributed by atoms with Crippen molar-refractivity contribution in [2.24, 2.45) is 0 Å². The molecule has 3 heteroatoms. The fourth-order valence-corrected chi connectivity index (χ4v) is 5.44. The van der Waals surface area contributed by atoms with Crippen LogP contribution in [0.1, 0.15) is 0 Å². The van der Waals surface area contributed by atoms with Crippen LogP contribution < -0.4 is 27.4 Å². The van der Waals surface area contributed by atoms with E-state index < -0.39 is 7.92 Å². The zero-order valence-electron chi connectivity index (χ0n) is 14.9. The highest BCUT2D eigenvalue weighted by molar-refractivity contribution is 7.79. The van der Waals surface area contributed by atoms with Gasteiger partial charge in [0.2, 0.25) is 0 Å². The molecule has 0 fully saturated rings. The summed E-state index contributed by atoms with van der Waals surface area (Å²) in [7, 11) is -0.583. The van der Waals surface area contributed by atoms with Gasteiger partial charge in [0.1, 0.15) is 0 Å². The SMILES string of the molecule is Nc1ccc(-c2ccc(P(c3ccccc3)c3ccccc3)cc2)cc1N. The average Bonchev–Trinajstić information content (AvgIpc) is 2.72. The Kier molecular flexibility index (Phi) is 4.91. The van der Waals surface area contributed by atoms with Crippen LogP contribution in [0.5, 0.6) is 0 Å². The summed E-state index contributed by atoms with van der Waals surface area (Å²) in [5.74, 6) is 0. The fraction of sp³-hybridized carbons (Fsp3) is 0. The topological polar surface area (TPSA) is 52.0 Å². The third-order valence-corrected chi connectivity index (χ3v) is 7.02. The highest BCUT2D eigenvalue weighted by Crippen LogP contribution is 2.33. The molecular weight excluding hydrogens is 347 g/mol. The second-order valence-corrected chi connectivity index (χ2v) is 8.62. The highest BCUT2D eigenvalue weighted by atomic mass is 31.1. The van der Waals surface area contributed by atoms with Crippen molar-refractivity contribution in [3.05, 3.63) is 103 Å². The van der Waals surface area contributed by atoms with Crippen LogP contribution in [0.2, 0.25) is 0 Å². The molecule has 2 nitrogen and oxygen atoms in total. The van der Waals surface area contributed by atoms with Crippen molar-refractivity contribution < 1.29 is 0 Å². The maximum atomic E-state index is 5.97. The lowest BCUT2D eigenvalue weighted by atomic mass is 10.0. The molecule has 0 unspecified atom stereocenters. The highest BCUT2D eigenvalue weighted by Gasteiger charge is 2.16. The van der Waals surface area contributed by atoms with E-state index in [1.54, 1.807) is 0 Å². The zero-order chi connectivity index (χ0) is 18.6. The summed E-state index contributed by atoms with van der Waals surface area (Å²) in [4.78, 5) is 0. The Hall–Kier alpha value is -3.09. The minimum absolute atomic E-state index is 0.583. The van der Waals surface area contributed by atoms with Crippen LogP contribution in [-0.4, -0.2) is 0 Å². The first-order valence-corrected chi connectivity index (χ1v) is 10.2. The number of hydrogen-bond donors (Lipinski definition) is 2. The molecule has 0 saturated carbocycles. The molecule has 0 saturated heterocycles. The van der Waals surface area contributed by atoms with Gasteiger partial charge in [-0.3, -0.25) is 0 Å². The molecule has 0 amide bonds. The van der Waals surface area contributed by atoms with Crippen LogP contribution in [0, 0.1) is 0 Å². The molecule has 0 aromatic heterocycles. The van der Waals surface area contributed by atoms with Gasteiger partial charge in [-0.2, -0.15) is 0 Å². The predicted molar refractivity (Wildman–Crippen MR) is 119 cm³/mol. The minimum atomic E-state index is -0.583. The molecule has 0 aliphatic rings. The molecule has 0 bridgehead atoms. The Bertz CT molecular complexity index is 989. The molecule has 0 heterocycles. The number of hydrogen-bond acceptors (Lipinski definition) is 2. The van der Waals surface area contributed by atoms with E-state index in [0.717, 1.165) is 11.1 Å². The fourth-order valence-electron chi connectivity index (χ4n) is 3.16. The summed E-state index contributed by atoms with van der Waals surface area (Å²) >= 11 is 0. The Balaban J connectivity index is 1.74. The van der Waals surface area contributed by atoms with E-state index in [2.05, 4.69) is 84.9 Å². The number of anilines is 2. The van der Waals surface area contributed by atoms with Gasteiger partial charge >= 0.3 is 0 Å². The monoisotopic (exact) mass is 368 g/mol. The third kappa shape index (κ3) is 3.72. The van der Waals surface area contributed by atoms with Crippen molar-refractivity contribution in [3.8, 4) is 11.1 Å².